The molecule has 4 heteroatoms. The molecule has 1 saturated heterocycles. The second-order valence-corrected chi connectivity index (χ2v) is 4.34. The molecule has 0 spiro atoms. The summed E-state index contributed by atoms with van der Waals surface area (Å²) in [6.07, 6.45) is 1.74. The zero-order chi connectivity index (χ0) is 12.3. The molecule has 17 heavy (non-hydrogen) atoms. The van der Waals surface area contributed by atoms with Crippen LogP contribution >= 0.6 is 0 Å². The van der Waals surface area contributed by atoms with Crippen LogP contribution < -0.4 is 10.6 Å². The molecule has 1 heterocycles. The number of hydrogen-bond donors (Lipinski definition) is 1. The van der Waals surface area contributed by atoms with Gasteiger partial charge < -0.3 is 15.4 Å². The van der Waals surface area contributed by atoms with Crippen LogP contribution in [-0.4, -0.2) is 25.6 Å². The van der Waals surface area contributed by atoms with Gasteiger partial charge in [0.15, 0.2) is 0 Å². The van der Waals surface area contributed by atoms with Gasteiger partial charge in [0.05, 0.1) is 12.6 Å². The summed E-state index contributed by atoms with van der Waals surface area (Å²) in [6, 6.07) is 7.50. The molecule has 2 N–H and O–H groups in total. The fourth-order valence-electron chi connectivity index (χ4n) is 2.14. The van der Waals surface area contributed by atoms with Crippen LogP contribution in [0.4, 0.5) is 5.69 Å². The van der Waals surface area contributed by atoms with Crippen LogP contribution in [0.1, 0.15) is 18.4 Å². The van der Waals surface area contributed by atoms with Crippen molar-refractivity contribution in [2.24, 2.45) is 5.73 Å². The van der Waals surface area contributed by atoms with E-state index >= 15 is 0 Å². The van der Waals surface area contributed by atoms with Gasteiger partial charge in [0, 0.05) is 19.3 Å². The largest absolute Gasteiger partial charge is 0.380 e. The van der Waals surface area contributed by atoms with Crippen LogP contribution in [0, 0.1) is 0 Å². The Kier molecular flexibility index (Phi) is 3.76. The monoisotopic (exact) mass is 234 g/mol. The molecule has 1 atom stereocenters. The number of nitrogens with zero attached hydrogens (tertiary/aromatic N) is 1. The van der Waals surface area contributed by atoms with E-state index < -0.39 is 0 Å². The number of hydrogen-bond acceptors (Lipinski definition) is 3. The molecule has 1 amide bonds. The molecule has 0 radical (unpaired) electrons. The smallest absolute Gasteiger partial charge is 0.243 e. The maximum Gasteiger partial charge on any atom is 0.243 e. The molecule has 0 saturated carbocycles. The number of rotatable bonds is 3. The lowest BCUT2D eigenvalue weighted by Crippen LogP contribution is -2.48. The van der Waals surface area contributed by atoms with E-state index in [1.165, 1.54) is 0 Å². The summed E-state index contributed by atoms with van der Waals surface area (Å²) in [5, 5.41) is 0. The highest BCUT2D eigenvalue weighted by Gasteiger charge is 2.26. The van der Waals surface area contributed by atoms with Gasteiger partial charge in [-0.1, -0.05) is 12.1 Å². The van der Waals surface area contributed by atoms with Crippen molar-refractivity contribution in [1.29, 1.82) is 0 Å². The van der Waals surface area contributed by atoms with Crippen LogP contribution in [0.15, 0.2) is 24.3 Å². The number of methoxy groups -OCH3 is 1. The molecule has 1 unspecified atom stereocenters. The third-order valence-electron chi connectivity index (χ3n) is 3.01. The predicted molar refractivity (Wildman–Crippen MR) is 66.7 cm³/mol. The molecule has 0 bridgehead atoms. The van der Waals surface area contributed by atoms with Crippen molar-refractivity contribution in [1.82, 2.24) is 0 Å². The van der Waals surface area contributed by atoms with Crippen molar-refractivity contribution < 1.29 is 9.53 Å². The average Bonchev–Trinajstić information content (AvgIpc) is 2.33. The molecule has 1 aromatic rings. The first-order chi connectivity index (χ1) is 8.22. The number of nitrogens with two attached hydrogens (primary N) is 1. The van der Waals surface area contributed by atoms with Gasteiger partial charge in [0.2, 0.25) is 5.91 Å². The molecule has 1 aliphatic rings. The van der Waals surface area contributed by atoms with Crippen molar-refractivity contribution in [2.75, 3.05) is 18.6 Å². The minimum atomic E-state index is -0.352. The second-order valence-electron chi connectivity index (χ2n) is 4.34. The summed E-state index contributed by atoms with van der Waals surface area (Å²) in [7, 11) is 1.66. The molecule has 1 aromatic carbocycles. The Hall–Kier alpha value is -1.39. The fraction of sp³-hybridized carbons (Fsp3) is 0.462. The molecular weight excluding hydrogens is 216 g/mol. The average molecular weight is 234 g/mol. The summed E-state index contributed by atoms with van der Waals surface area (Å²) in [4.78, 5) is 13.7. The SMILES string of the molecule is COCc1cccc(N2CCCC(N)C2=O)c1. The Labute approximate surface area is 101 Å². The lowest BCUT2D eigenvalue weighted by atomic mass is 10.0. The predicted octanol–water partition coefficient (Wildman–Crippen LogP) is 1.29. The third kappa shape index (κ3) is 2.65. The number of piperidine rings is 1. The number of benzene rings is 1. The van der Waals surface area contributed by atoms with Crippen molar-refractivity contribution in [3.63, 3.8) is 0 Å². The van der Waals surface area contributed by atoms with E-state index in [1.807, 2.05) is 24.3 Å². The molecule has 92 valence electrons. The Bertz CT molecular complexity index is 406. The van der Waals surface area contributed by atoms with E-state index in [-0.39, 0.29) is 11.9 Å². The molecular formula is C13H18N2O2. The van der Waals surface area contributed by atoms with Crippen molar-refractivity contribution in [2.45, 2.75) is 25.5 Å². The van der Waals surface area contributed by atoms with Crippen molar-refractivity contribution in [3.8, 4) is 0 Å². The van der Waals surface area contributed by atoms with Crippen molar-refractivity contribution >= 4 is 11.6 Å². The minimum absolute atomic E-state index is 0.0193. The second kappa shape index (κ2) is 5.29. The van der Waals surface area contributed by atoms with Crippen LogP contribution in [-0.2, 0) is 16.1 Å². The highest BCUT2D eigenvalue weighted by molar-refractivity contribution is 5.97. The Morgan fingerprint density at radius 2 is 2.35 bits per heavy atom. The van der Waals surface area contributed by atoms with Crippen LogP contribution in [0.2, 0.25) is 0 Å². The van der Waals surface area contributed by atoms with Gasteiger partial charge in [-0.3, -0.25) is 4.79 Å². The van der Waals surface area contributed by atoms with Gasteiger partial charge in [-0.2, -0.15) is 0 Å². The molecule has 2 rings (SSSR count). The quantitative estimate of drug-likeness (QED) is 0.857. The van der Waals surface area contributed by atoms with E-state index in [1.54, 1.807) is 12.0 Å². The zero-order valence-corrected chi connectivity index (χ0v) is 10.1. The van der Waals surface area contributed by atoms with E-state index in [0.29, 0.717) is 6.61 Å². The Morgan fingerprint density at radius 3 is 3.12 bits per heavy atom. The molecule has 0 aromatic heterocycles. The number of anilines is 1. The molecule has 4 nitrogen and oxygen atoms in total. The highest BCUT2D eigenvalue weighted by atomic mass is 16.5. The Morgan fingerprint density at radius 1 is 1.53 bits per heavy atom. The van der Waals surface area contributed by atoms with Crippen LogP contribution in [0.5, 0.6) is 0 Å². The summed E-state index contributed by atoms with van der Waals surface area (Å²) in [5.41, 5.74) is 7.77. The van der Waals surface area contributed by atoms with Crippen molar-refractivity contribution in [3.05, 3.63) is 29.8 Å². The van der Waals surface area contributed by atoms with Crippen LogP contribution in [0.25, 0.3) is 0 Å². The molecule has 0 aliphatic carbocycles. The maximum atomic E-state index is 12.0. The van der Waals surface area contributed by atoms with Gasteiger partial charge >= 0.3 is 0 Å². The summed E-state index contributed by atoms with van der Waals surface area (Å²) >= 11 is 0. The normalized spacial score (nSPS) is 20.7. The van der Waals surface area contributed by atoms with Gasteiger partial charge in [-0.15, -0.1) is 0 Å². The highest BCUT2D eigenvalue weighted by Crippen LogP contribution is 2.21. The van der Waals surface area contributed by atoms with E-state index in [4.69, 9.17) is 10.5 Å². The first-order valence-electron chi connectivity index (χ1n) is 5.87. The van der Waals surface area contributed by atoms with E-state index in [2.05, 4.69) is 0 Å². The number of ether oxygens (including phenoxy) is 1. The standard InChI is InChI=1S/C13H18N2O2/c1-17-9-10-4-2-5-11(8-10)15-7-3-6-12(14)13(15)16/h2,4-5,8,12H,3,6-7,9,14H2,1H3. The fourth-order valence-corrected chi connectivity index (χ4v) is 2.14. The number of amides is 1. The lowest BCUT2D eigenvalue weighted by molar-refractivity contribution is -0.120. The van der Waals surface area contributed by atoms with Gasteiger partial charge in [-0.05, 0) is 30.5 Å². The molecule has 1 aliphatic heterocycles. The van der Waals surface area contributed by atoms with E-state index in [0.717, 1.165) is 30.6 Å². The third-order valence-corrected chi connectivity index (χ3v) is 3.01. The van der Waals surface area contributed by atoms with Gasteiger partial charge in [-0.25, -0.2) is 0 Å². The summed E-state index contributed by atoms with van der Waals surface area (Å²) in [6.45, 7) is 1.31. The van der Waals surface area contributed by atoms with E-state index in [9.17, 15) is 4.79 Å². The lowest BCUT2D eigenvalue weighted by Gasteiger charge is -2.30. The summed E-state index contributed by atoms with van der Waals surface area (Å²) < 4.78 is 5.09. The first-order valence-corrected chi connectivity index (χ1v) is 5.87. The summed E-state index contributed by atoms with van der Waals surface area (Å²) in [5.74, 6) is 0.0193. The Balaban J connectivity index is 2.20. The van der Waals surface area contributed by atoms with Gasteiger partial charge in [0.1, 0.15) is 0 Å². The number of carbonyl (C=O) groups is 1. The molecule has 1 fully saturated rings. The first kappa shape index (κ1) is 12.1. The zero-order valence-electron chi connectivity index (χ0n) is 10.1. The topological polar surface area (TPSA) is 55.6 Å². The van der Waals surface area contributed by atoms with Crippen LogP contribution in [0.3, 0.4) is 0 Å². The minimum Gasteiger partial charge on any atom is -0.380 e. The number of carbonyl (C=O) groups excluding carboxylic acids is 1. The van der Waals surface area contributed by atoms with Gasteiger partial charge in [0.25, 0.3) is 0 Å². The maximum absolute atomic E-state index is 12.0.